The van der Waals surface area contributed by atoms with Gasteiger partial charge in [0.2, 0.25) is 5.91 Å². The number of hydrogen-bond donors (Lipinski definition) is 0. The van der Waals surface area contributed by atoms with Crippen molar-refractivity contribution in [3.05, 3.63) is 59.1 Å². The molecule has 0 aliphatic carbocycles. The van der Waals surface area contributed by atoms with Crippen molar-refractivity contribution in [2.45, 2.75) is 39.7 Å². The number of rotatable bonds is 7. The molecule has 0 saturated heterocycles. The summed E-state index contributed by atoms with van der Waals surface area (Å²) in [6, 6.07) is 16.3. The van der Waals surface area contributed by atoms with Gasteiger partial charge < -0.3 is 9.47 Å². The van der Waals surface area contributed by atoms with E-state index in [4.69, 9.17) is 11.6 Å². The van der Waals surface area contributed by atoms with Gasteiger partial charge in [0.25, 0.3) is 0 Å². The highest BCUT2D eigenvalue weighted by Gasteiger charge is 2.21. The van der Waals surface area contributed by atoms with Crippen molar-refractivity contribution in [1.82, 2.24) is 9.47 Å². The Morgan fingerprint density at radius 2 is 1.74 bits per heavy atom. The van der Waals surface area contributed by atoms with E-state index in [0.717, 1.165) is 53.2 Å². The first-order chi connectivity index (χ1) is 13.1. The minimum absolute atomic E-state index is 0.159. The Morgan fingerprint density at radius 3 is 2.41 bits per heavy atom. The van der Waals surface area contributed by atoms with E-state index in [9.17, 15) is 4.79 Å². The standard InChI is InChI=1S/C23H27ClN2O/c1-4-14-25(3)22(27)16-20-19-8-6-7-9-21(19)26(15-5-2)23(20)17-10-12-18(24)13-11-17/h6-13H,4-5,14-16H2,1-3H3. The molecular weight excluding hydrogens is 356 g/mol. The number of carbonyl (C=O) groups is 1. The third-order valence-electron chi connectivity index (χ3n) is 4.95. The molecule has 0 aliphatic rings. The zero-order valence-electron chi connectivity index (χ0n) is 16.3. The van der Waals surface area contributed by atoms with Crippen LogP contribution in [0.5, 0.6) is 0 Å². The van der Waals surface area contributed by atoms with Gasteiger partial charge in [-0.05, 0) is 42.2 Å². The number of amides is 1. The average Bonchev–Trinajstić information content (AvgIpc) is 2.97. The minimum Gasteiger partial charge on any atom is -0.345 e. The van der Waals surface area contributed by atoms with E-state index >= 15 is 0 Å². The van der Waals surface area contributed by atoms with Crippen LogP contribution in [0, 0.1) is 0 Å². The number of hydrogen-bond acceptors (Lipinski definition) is 1. The summed E-state index contributed by atoms with van der Waals surface area (Å²) in [4.78, 5) is 14.7. The molecule has 1 amide bonds. The number of benzene rings is 2. The van der Waals surface area contributed by atoms with Gasteiger partial charge in [0, 0.05) is 36.1 Å². The van der Waals surface area contributed by atoms with Crippen molar-refractivity contribution >= 4 is 28.4 Å². The maximum absolute atomic E-state index is 12.8. The molecule has 2 aromatic carbocycles. The molecular formula is C23H27ClN2O. The van der Waals surface area contributed by atoms with E-state index in [1.807, 2.05) is 42.3 Å². The normalized spacial score (nSPS) is 11.1. The Balaban J connectivity index is 2.19. The monoisotopic (exact) mass is 382 g/mol. The summed E-state index contributed by atoms with van der Waals surface area (Å²) in [6.45, 7) is 5.97. The fraction of sp³-hybridized carbons (Fsp3) is 0.348. The summed E-state index contributed by atoms with van der Waals surface area (Å²) in [5.41, 5.74) is 4.53. The number of carbonyl (C=O) groups excluding carboxylic acids is 1. The first-order valence-electron chi connectivity index (χ1n) is 9.66. The Kier molecular flexibility index (Phi) is 6.22. The molecule has 3 aromatic rings. The molecule has 1 heterocycles. The number of likely N-dealkylation sites (N-methyl/N-ethyl adjacent to an activating group) is 1. The Bertz CT molecular complexity index is 927. The van der Waals surface area contributed by atoms with Crippen molar-refractivity contribution in [3.63, 3.8) is 0 Å². The molecule has 0 aliphatic heterocycles. The van der Waals surface area contributed by atoms with Gasteiger partial charge in [-0.2, -0.15) is 0 Å². The van der Waals surface area contributed by atoms with Crippen LogP contribution < -0.4 is 0 Å². The number of nitrogens with zero attached hydrogens (tertiary/aromatic N) is 2. The van der Waals surface area contributed by atoms with Gasteiger partial charge in [-0.15, -0.1) is 0 Å². The van der Waals surface area contributed by atoms with E-state index in [0.29, 0.717) is 6.42 Å². The van der Waals surface area contributed by atoms with Crippen LogP contribution in [0.1, 0.15) is 32.3 Å². The van der Waals surface area contributed by atoms with Gasteiger partial charge in [-0.1, -0.05) is 55.8 Å². The van der Waals surface area contributed by atoms with Gasteiger partial charge in [0.1, 0.15) is 0 Å². The predicted octanol–water partition coefficient (Wildman–Crippen LogP) is 5.78. The Labute approximate surface area is 166 Å². The van der Waals surface area contributed by atoms with E-state index < -0.39 is 0 Å². The summed E-state index contributed by atoms with van der Waals surface area (Å²) < 4.78 is 2.35. The smallest absolute Gasteiger partial charge is 0.226 e. The van der Waals surface area contributed by atoms with Gasteiger partial charge in [-0.25, -0.2) is 0 Å². The zero-order chi connectivity index (χ0) is 19.4. The molecule has 0 saturated carbocycles. The predicted molar refractivity (Wildman–Crippen MR) is 114 cm³/mol. The molecule has 0 N–H and O–H groups in total. The maximum atomic E-state index is 12.8. The summed E-state index contributed by atoms with van der Waals surface area (Å²) >= 11 is 6.11. The SMILES string of the molecule is CCCN(C)C(=O)Cc1c(-c2ccc(Cl)cc2)n(CCC)c2ccccc12. The molecule has 27 heavy (non-hydrogen) atoms. The van der Waals surface area contributed by atoms with Crippen molar-refractivity contribution in [1.29, 1.82) is 0 Å². The quantitative estimate of drug-likeness (QED) is 0.508. The highest BCUT2D eigenvalue weighted by Crippen LogP contribution is 2.35. The largest absolute Gasteiger partial charge is 0.345 e. The van der Waals surface area contributed by atoms with Crippen molar-refractivity contribution < 1.29 is 4.79 Å². The average molecular weight is 383 g/mol. The highest BCUT2D eigenvalue weighted by molar-refractivity contribution is 6.30. The van der Waals surface area contributed by atoms with Crippen molar-refractivity contribution in [3.8, 4) is 11.3 Å². The number of para-hydroxylation sites is 1. The Morgan fingerprint density at radius 1 is 1.04 bits per heavy atom. The lowest BCUT2D eigenvalue weighted by molar-refractivity contribution is -0.129. The van der Waals surface area contributed by atoms with Gasteiger partial charge in [0.15, 0.2) is 0 Å². The number of aromatic nitrogens is 1. The summed E-state index contributed by atoms with van der Waals surface area (Å²) in [5.74, 6) is 0.159. The molecule has 4 heteroatoms. The van der Waals surface area contributed by atoms with Crippen LogP contribution in [0.2, 0.25) is 5.02 Å². The van der Waals surface area contributed by atoms with Crippen LogP contribution in [0.3, 0.4) is 0 Å². The lowest BCUT2D eigenvalue weighted by Crippen LogP contribution is -2.29. The molecule has 0 atom stereocenters. The second-order valence-corrected chi connectivity index (χ2v) is 7.43. The first-order valence-corrected chi connectivity index (χ1v) is 10.0. The van der Waals surface area contributed by atoms with Crippen molar-refractivity contribution in [2.24, 2.45) is 0 Å². The summed E-state index contributed by atoms with van der Waals surface area (Å²) in [7, 11) is 1.89. The van der Waals surface area contributed by atoms with Gasteiger partial charge in [-0.3, -0.25) is 4.79 Å². The van der Waals surface area contributed by atoms with E-state index in [1.54, 1.807) is 0 Å². The molecule has 0 fully saturated rings. The molecule has 0 radical (unpaired) electrons. The molecule has 0 unspecified atom stereocenters. The van der Waals surface area contributed by atoms with E-state index in [2.05, 4.69) is 36.6 Å². The van der Waals surface area contributed by atoms with Crippen molar-refractivity contribution in [2.75, 3.05) is 13.6 Å². The molecule has 3 nitrogen and oxygen atoms in total. The van der Waals surface area contributed by atoms with Crippen LogP contribution >= 0.6 is 11.6 Å². The summed E-state index contributed by atoms with van der Waals surface area (Å²) in [5, 5.41) is 1.88. The lowest BCUT2D eigenvalue weighted by atomic mass is 10.0. The second kappa shape index (κ2) is 8.62. The van der Waals surface area contributed by atoms with Gasteiger partial charge >= 0.3 is 0 Å². The van der Waals surface area contributed by atoms with E-state index in [1.165, 1.54) is 5.52 Å². The Hall–Kier alpha value is -2.26. The zero-order valence-corrected chi connectivity index (χ0v) is 17.1. The second-order valence-electron chi connectivity index (χ2n) is 6.99. The summed E-state index contributed by atoms with van der Waals surface area (Å²) in [6.07, 6.45) is 2.40. The number of fused-ring (bicyclic) bond motifs is 1. The van der Waals surface area contributed by atoms with Gasteiger partial charge in [0.05, 0.1) is 12.1 Å². The fourth-order valence-corrected chi connectivity index (χ4v) is 3.82. The lowest BCUT2D eigenvalue weighted by Gasteiger charge is -2.17. The van der Waals surface area contributed by atoms with Crippen LogP contribution in [0.15, 0.2) is 48.5 Å². The minimum atomic E-state index is 0.159. The van der Waals surface area contributed by atoms with Crippen LogP contribution in [0.25, 0.3) is 22.2 Å². The van der Waals surface area contributed by atoms with Crippen LogP contribution in [0.4, 0.5) is 0 Å². The van der Waals surface area contributed by atoms with Crippen LogP contribution in [-0.4, -0.2) is 29.0 Å². The third kappa shape index (κ3) is 4.03. The third-order valence-corrected chi connectivity index (χ3v) is 5.21. The molecule has 0 bridgehead atoms. The topological polar surface area (TPSA) is 25.2 Å². The highest BCUT2D eigenvalue weighted by atomic mass is 35.5. The number of aryl methyl sites for hydroxylation is 1. The van der Waals surface area contributed by atoms with Crippen LogP contribution in [-0.2, 0) is 17.8 Å². The number of halogens is 1. The molecule has 0 spiro atoms. The molecule has 142 valence electrons. The first kappa shape index (κ1) is 19.5. The maximum Gasteiger partial charge on any atom is 0.226 e. The molecule has 3 rings (SSSR count). The fourth-order valence-electron chi connectivity index (χ4n) is 3.69. The molecule has 1 aromatic heterocycles. The van der Waals surface area contributed by atoms with E-state index in [-0.39, 0.29) is 5.91 Å².